The Kier molecular flexibility index (Phi) is 4.45. The fourth-order valence-corrected chi connectivity index (χ4v) is 2.91. The largest absolute Gasteiger partial charge is 0.508 e. The zero-order chi connectivity index (χ0) is 13.8. The van der Waals surface area contributed by atoms with Crippen molar-refractivity contribution in [3.05, 3.63) is 46.2 Å². The summed E-state index contributed by atoms with van der Waals surface area (Å²) in [7, 11) is 0. The second-order valence-corrected chi connectivity index (χ2v) is 5.23. The third-order valence-electron chi connectivity index (χ3n) is 3.38. The van der Waals surface area contributed by atoms with Gasteiger partial charge in [-0.25, -0.2) is 0 Å². The average molecular weight is 276 g/mol. The number of anilines is 1. The Bertz CT molecular complexity index is 521. The maximum atomic E-state index is 10.2. The molecule has 0 aliphatic carbocycles. The SMILES string of the molecule is CCN(CC)c1ccc([C@@H](N)c2ccsc2)c(O)c1. The fourth-order valence-electron chi connectivity index (χ4n) is 2.21. The molecule has 102 valence electrons. The van der Waals surface area contributed by atoms with Gasteiger partial charge in [0.1, 0.15) is 5.75 Å². The number of phenols is 1. The highest BCUT2D eigenvalue weighted by Gasteiger charge is 2.15. The van der Waals surface area contributed by atoms with Crippen LogP contribution in [-0.2, 0) is 0 Å². The van der Waals surface area contributed by atoms with E-state index in [1.807, 2.05) is 29.0 Å². The van der Waals surface area contributed by atoms with Crippen LogP contribution < -0.4 is 10.6 Å². The molecule has 1 atom stereocenters. The first kappa shape index (κ1) is 13.9. The van der Waals surface area contributed by atoms with Gasteiger partial charge in [-0.05, 0) is 42.3 Å². The summed E-state index contributed by atoms with van der Waals surface area (Å²) in [4.78, 5) is 2.19. The predicted octanol–water partition coefficient (Wildman–Crippen LogP) is 3.35. The molecule has 3 nitrogen and oxygen atoms in total. The summed E-state index contributed by atoms with van der Waals surface area (Å²) in [6.07, 6.45) is 0. The molecule has 0 radical (unpaired) electrons. The summed E-state index contributed by atoms with van der Waals surface area (Å²) in [6.45, 7) is 6.05. The van der Waals surface area contributed by atoms with E-state index in [2.05, 4.69) is 18.7 Å². The fraction of sp³-hybridized carbons (Fsp3) is 0.333. The lowest BCUT2D eigenvalue weighted by atomic mass is 10.0. The highest BCUT2D eigenvalue weighted by atomic mass is 32.1. The molecule has 3 N–H and O–H groups in total. The van der Waals surface area contributed by atoms with Crippen molar-refractivity contribution in [2.24, 2.45) is 5.73 Å². The quantitative estimate of drug-likeness (QED) is 0.880. The van der Waals surface area contributed by atoms with Crippen molar-refractivity contribution in [1.82, 2.24) is 0 Å². The van der Waals surface area contributed by atoms with Gasteiger partial charge in [-0.1, -0.05) is 6.07 Å². The number of nitrogens with two attached hydrogens (primary N) is 1. The molecule has 0 aliphatic rings. The molecule has 1 aromatic heterocycles. The Morgan fingerprint density at radius 2 is 2.00 bits per heavy atom. The van der Waals surface area contributed by atoms with E-state index in [0.29, 0.717) is 0 Å². The monoisotopic (exact) mass is 276 g/mol. The number of thiophene rings is 1. The Morgan fingerprint density at radius 1 is 1.26 bits per heavy atom. The molecular formula is C15H20N2OS. The lowest BCUT2D eigenvalue weighted by molar-refractivity contribution is 0.465. The topological polar surface area (TPSA) is 49.5 Å². The lowest BCUT2D eigenvalue weighted by Crippen LogP contribution is -2.21. The van der Waals surface area contributed by atoms with Crippen LogP contribution in [0.5, 0.6) is 5.75 Å². The maximum Gasteiger partial charge on any atom is 0.122 e. The molecule has 1 aromatic carbocycles. The smallest absolute Gasteiger partial charge is 0.122 e. The third-order valence-corrected chi connectivity index (χ3v) is 4.08. The van der Waals surface area contributed by atoms with E-state index >= 15 is 0 Å². The van der Waals surface area contributed by atoms with Crippen LogP contribution in [0.2, 0.25) is 0 Å². The van der Waals surface area contributed by atoms with E-state index in [0.717, 1.165) is 29.9 Å². The molecule has 0 bridgehead atoms. The van der Waals surface area contributed by atoms with E-state index in [-0.39, 0.29) is 11.8 Å². The van der Waals surface area contributed by atoms with Crippen LogP contribution in [0.25, 0.3) is 0 Å². The second kappa shape index (κ2) is 6.08. The predicted molar refractivity (Wildman–Crippen MR) is 82.0 cm³/mol. The third kappa shape index (κ3) is 2.91. The van der Waals surface area contributed by atoms with Crippen LogP contribution in [0.3, 0.4) is 0 Å². The summed E-state index contributed by atoms with van der Waals surface area (Å²) in [5.41, 5.74) is 9.03. The Labute approximate surface area is 118 Å². The Hall–Kier alpha value is -1.52. The number of phenolic OH excluding ortho intramolecular Hbond substituents is 1. The van der Waals surface area contributed by atoms with Gasteiger partial charge in [0, 0.05) is 30.4 Å². The van der Waals surface area contributed by atoms with Crippen molar-refractivity contribution < 1.29 is 5.11 Å². The summed E-state index contributed by atoms with van der Waals surface area (Å²) in [5, 5.41) is 14.2. The standard InChI is InChI=1S/C15H20N2OS/c1-3-17(4-2)12-5-6-13(14(18)9-12)15(16)11-7-8-19-10-11/h5-10,15,18H,3-4,16H2,1-2H3/t15-/m0/s1. The van der Waals surface area contributed by atoms with Crippen molar-refractivity contribution >= 4 is 17.0 Å². The number of hydrogen-bond donors (Lipinski definition) is 2. The van der Waals surface area contributed by atoms with Crippen LogP contribution in [-0.4, -0.2) is 18.2 Å². The number of hydrogen-bond acceptors (Lipinski definition) is 4. The summed E-state index contributed by atoms with van der Waals surface area (Å²) in [5.74, 6) is 0.267. The summed E-state index contributed by atoms with van der Waals surface area (Å²) < 4.78 is 0. The first-order valence-corrected chi connectivity index (χ1v) is 7.47. The molecule has 2 aromatic rings. The van der Waals surface area contributed by atoms with Gasteiger partial charge in [0.2, 0.25) is 0 Å². The van der Waals surface area contributed by atoms with Crippen molar-refractivity contribution in [2.75, 3.05) is 18.0 Å². The molecule has 0 saturated carbocycles. The van der Waals surface area contributed by atoms with E-state index < -0.39 is 0 Å². The van der Waals surface area contributed by atoms with E-state index in [1.54, 1.807) is 17.4 Å². The van der Waals surface area contributed by atoms with Crippen LogP contribution in [0.1, 0.15) is 31.0 Å². The van der Waals surface area contributed by atoms with E-state index in [1.165, 1.54) is 0 Å². The van der Waals surface area contributed by atoms with E-state index in [4.69, 9.17) is 5.73 Å². The minimum absolute atomic E-state index is 0.267. The van der Waals surface area contributed by atoms with Crippen LogP contribution in [0, 0.1) is 0 Å². The van der Waals surface area contributed by atoms with Crippen molar-refractivity contribution in [1.29, 1.82) is 0 Å². The van der Waals surface area contributed by atoms with Gasteiger partial charge in [-0.15, -0.1) is 0 Å². The lowest BCUT2D eigenvalue weighted by Gasteiger charge is -2.22. The minimum Gasteiger partial charge on any atom is -0.508 e. The first-order valence-electron chi connectivity index (χ1n) is 6.52. The molecule has 0 unspecified atom stereocenters. The van der Waals surface area contributed by atoms with E-state index in [9.17, 15) is 5.11 Å². The van der Waals surface area contributed by atoms with Gasteiger partial charge in [0.05, 0.1) is 6.04 Å². The summed E-state index contributed by atoms with van der Waals surface area (Å²) in [6, 6.07) is 7.47. The van der Waals surface area contributed by atoms with Crippen LogP contribution in [0.15, 0.2) is 35.0 Å². The molecule has 1 heterocycles. The normalized spacial score (nSPS) is 12.4. The molecule has 0 amide bonds. The molecule has 0 aliphatic heterocycles. The number of aromatic hydroxyl groups is 1. The van der Waals surface area contributed by atoms with Crippen LogP contribution >= 0.6 is 11.3 Å². The molecule has 0 fully saturated rings. The number of rotatable bonds is 5. The van der Waals surface area contributed by atoms with Crippen molar-refractivity contribution in [3.8, 4) is 5.75 Å². The zero-order valence-electron chi connectivity index (χ0n) is 11.3. The van der Waals surface area contributed by atoms with Gasteiger partial charge < -0.3 is 15.7 Å². The molecule has 0 spiro atoms. The number of benzene rings is 1. The Morgan fingerprint density at radius 3 is 2.53 bits per heavy atom. The minimum atomic E-state index is -0.267. The maximum absolute atomic E-state index is 10.2. The van der Waals surface area contributed by atoms with Crippen LogP contribution in [0.4, 0.5) is 5.69 Å². The highest BCUT2D eigenvalue weighted by Crippen LogP contribution is 2.31. The zero-order valence-corrected chi connectivity index (χ0v) is 12.2. The van der Waals surface area contributed by atoms with Gasteiger partial charge in [0.25, 0.3) is 0 Å². The summed E-state index contributed by atoms with van der Waals surface area (Å²) >= 11 is 1.61. The van der Waals surface area contributed by atoms with Gasteiger partial charge in [0.15, 0.2) is 0 Å². The Balaban J connectivity index is 2.29. The van der Waals surface area contributed by atoms with Gasteiger partial charge in [-0.2, -0.15) is 11.3 Å². The molecule has 19 heavy (non-hydrogen) atoms. The molecular weight excluding hydrogens is 256 g/mol. The van der Waals surface area contributed by atoms with Crippen molar-refractivity contribution in [2.45, 2.75) is 19.9 Å². The molecule has 2 rings (SSSR count). The van der Waals surface area contributed by atoms with Crippen molar-refractivity contribution in [3.63, 3.8) is 0 Å². The number of nitrogens with zero attached hydrogens (tertiary/aromatic N) is 1. The van der Waals surface area contributed by atoms with Gasteiger partial charge >= 0.3 is 0 Å². The van der Waals surface area contributed by atoms with Gasteiger partial charge in [-0.3, -0.25) is 0 Å². The second-order valence-electron chi connectivity index (χ2n) is 4.45. The molecule has 4 heteroatoms. The highest BCUT2D eigenvalue weighted by molar-refractivity contribution is 7.08. The molecule has 0 saturated heterocycles. The average Bonchev–Trinajstić information content (AvgIpc) is 2.93. The first-order chi connectivity index (χ1) is 9.17.